The number of nitrogens with one attached hydrogen (secondary N) is 3. The fourth-order valence-corrected chi connectivity index (χ4v) is 2.61. The van der Waals surface area contributed by atoms with Crippen molar-refractivity contribution >= 4 is 29.0 Å². The molecule has 26 heavy (non-hydrogen) atoms. The first-order valence-corrected chi connectivity index (χ1v) is 8.69. The Morgan fingerprint density at radius 2 is 1.58 bits per heavy atom. The molecule has 136 valence electrons. The summed E-state index contributed by atoms with van der Waals surface area (Å²) in [5.41, 5.74) is 3.77. The van der Waals surface area contributed by atoms with Gasteiger partial charge in [0.15, 0.2) is 0 Å². The second-order valence-electron chi connectivity index (χ2n) is 6.82. The predicted octanol–water partition coefficient (Wildman–Crippen LogP) is 3.60. The van der Waals surface area contributed by atoms with E-state index in [1.54, 1.807) is 12.1 Å². The van der Waals surface area contributed by atoms with Gasteiger partial charge in [-0.1, -0.05) is 17.7 Å². The summed E-state index contributed by atoms with van der Waals surface area (Å²) in [4.78, 5) is 26.6. The first kappa shape index (κ1) is 17.8. The molecule has 0 aliphatic heterocycles. The van der Waals surface area contributed by atoms with Gasteiger partial charge in [0.1, 0.15) is 0 Å². The Hall–Kier alpha value is -3.02. The second-order valence-corrected chi connectivity index (χ2v) is 6.82. The zero-order valence-electron chi connectivity index (χ0n) is 15.3. The number of carbonyl (C=O) groups is 2. The number of aryl methyl sites for hydroxylation is 1. The van der Waals surface area contributed by atoms with Crippen LogP contribution in [0.4, 0.5) is 21.9 Å². The molecule has 3 rings (SSSR count). The molecule has 0 aromatic heterocycles. The first-order valence-electron chi connectivity index (χ1n) is 8.69. The minimum Gasteiger partial charge on any atom is -0.377 e. The summed E-state index contributed by atoms with van der Waals surface area (Å²) < 4.78 is 0. The molecule has 3 amide bonds. The fourth-order valence-electron chi connectivity index (χ4n) is 2.61. The normalized spacial score (nSPS) is 13.0. The van der Waals surface area contributed by atoms with Crippen molar-refractivity contribution in [3.8, 4) is 0 Å². The molecule has 3 N–H and O–H groups in total. The van der Waals surface area contributed by atoms with E-state index < -0.39 is 0 Å². The topological polar surface area (TPSA) is 73.5 Å². The van der Waals surface area contributed by atoms with E-state index in [1.807, 2.05) is 56.3 Å². The minimum absolute atomic E-state index is 0.112. The van der Waals surface area contributed by atoms with Gasteiger partial charge in [-0.25, -0.2) is 4.79 Å². The van der Waals surface area contributed by atoms with E-state index in [0.29, 0.717) is 16.9 Å². The Morgan fingerprint density at radius 1 is 0.962 bits per heavy atom. The Labute approximate surface area is 153 Å². The Bertz CT molecular complexity index is 811. The quantitative estimate of drug-likeness (QED) is 0.770. The van der Waals surface area contributed by atoms with Crippen LogP contribution in [0.1, 0.15) is 28.8 Å². The van der Waals surface area contributed by atoms with Gasteiger partial charge in [-0.2, -0.15) is 0 Å². The molecule has 6 heteroatoms. The van der Waals surface area contributed by atoms with Gasteiger partial charge < -0.3 is 20.9 Å². The third-order valence-corrected chi connectivity index (χ3v) is 4.20. The molecule has 0 spiro atoms. The summed E-state index contributed by atoms with van der Waals surface area (Å²) in [6, 6.07) is 12.8. The number of hydrogen-bond donors (Lipinski definition) is 3. The van der Waals surface area contributed by atoms with Gasteiger partial charge in [0.05, 0.1) is 5.56 Å². The van der Waals surface area contributed by atoms with Crippen LogP contribution < -0.4 is 20.9 Å². The van der Waals surface area contributed by atoms with Gasteiger partial charge in [0.25, 0.3) is 5.91 Å². The van der Waals surface area contributed by atoms with Crippen molar-refractivity contribution in [3.63, 3.8) is 0 Å². The molecule has 6 nitrogen and oxygen atoms in total. The third kappa shape index (κ3) is 4.53. The van der Waals surface area contributed by atoms with Crippen LogP contribution in [-0.4, -0.2) is 32.1 Å². The highest BCUT2D eigenvalue weighted by Gasteiger charge is 2.25. The molecule has 1 aliphatic carbocycles. The number of rotatable bonds is 5. The smallest absolute Gasteiger partial charge is 0.323 e. The molecule has 1 fully saturated rings. The summed E-state index contributed by atoms with van der Waals surface area (Å²) in [6.07, 6.45) is 2.06. The highest BCUT2D eigenvalue weighted by atomic mass is 16.2. The van der Waals surface area contributed by atoms with E-state index in [9.17, 15) is 9.59 Å². The standard InChI is InChI=1S/C20H24N4O2/c1-13-4-6-15(7-5-13)22-20(26)23-16-10-11-18(24(2)3)17(12-16)19(25)21-14-8-9-14/h4-7,10-12,14H,8-9H2,1-3H3,(H,21,25)(H2,22,23,26). The van der Waals surface area contributed by atoms with Crippen molar-refractivity contribution in [2.24, 2.45) is 0 Å². The number of amides is 3. The minimum atomic E-state index is -0.347. The van der Waals surface area contributed by atoms with Crippen LogP contribution >= 0.6 is 0 Å². The molecule has 1 aliphatic rings. The van der Waals surface area contributed by atoms with Gasteiger partial charge in [-0.3, -0.25) is 4.79 Å². The van der Waals surface area contributed by atoms with Crippen molar-refractivity contribution in [1.29, 1.82) is 0 Å². The first-order chi connectivity index (χ1) is 12.4. The molecule has 1 saturated carbocycles. The molecule has 0 unspecified atom stereocenters. The van der Waals surface area contributed by atoms with Crippen molar-refractivity contribution in [3.05, 3.63) is 53.6 Å². The van der Waals surface area contributed by atoms with Gasteiger partial charge in [-0.05, 0) is 50.1 Å². The van der Waals surface area contributed by atoms with Crippen LogP contribution in [0.2, 0.25) is 0 Å². The van der Waals surface area contributed by atoms with Crippen molar-refractivity contribution in [2.45, 2.75) is 25.8 Å². The van der Waals surface area contributed by atoms with E-state index >= 15 is 0 Å². The monoisotopic (exact) mass is 352 g/mol. The molecule has 2 aromatic carbocycles. The van der Waals surface area contributed by atoms with Gasteiger partial charge in [0.2, 0.25) is 0 Å². The summed E-state index contributed by atoms with van der Waals surface area (Å²) in [5.74, 6) is -0.112. The third-order valence-electron chi connectivity index (χ3n) is 4.20. The largest absolute Gasteiger partial charge is 0.377 e. The molecular formula is C20H24N4O2. The summed E-state index contributed by atoms with van der Waals surface area (Å²) in [7, 11) is 3.78. The SMILES string of the molecule is Cc1ccc(NC(=O)Nc2ccc(N(C)C)c(C(=O)NC3CC3)c2)cc1. The number of carbonyl (C=O) groups excluding carboxylic acids is 2. The maximum atomic E-state index is 12.5. The lowest BCUT2D eigenvalue weighted by Gasteiger charge is -2.18. The van der Waals surface area contributed by atoms with Crippen LogP contribution in [-0.2, 0) is 0 Å². The van der Waals surface area contributed by atoms with Gasteiger partial charge >= 0.3 is 6.03 Å². The molecule has 0 heterocycles. The van der Waals surface area contributed by atoms with E-state index in [4.69, 9.17) is 0 Å². The van der Waals surface area contributed by atoms with E-state index in [-0.39, 0.29) is 18.0 Å². The fraction of sp³-hybridized carbons (Fsp3) is 0.300. The van der Waals surface area contributed by atoms with Gasteiger partial charge in [-0.15, -0.1) is 0 Å². The Kier molecular flexibility index (Phi) is 5.11. The predicted molar refractivity (Wildman–Crippen MR) is 105 cm³/mol. The highest BCUT2D eigenvalue weighted by molar-refractivity contribution is 6.04. The number of nitrogens with zero attached hydrogens (tertiary/aromatic N) is 1. The molecular weight excluding hydrogens is 328 g/mol. The van der Waals surface area contributed by atoms with Crippen LogP contribution in [0.15, 0.2) is 42.5 Å². The van der Waals surface area contributed by atoms with E-state index in [0.717, 1.165) is 24.1 Å². The number of anilines is 3. The molecule has 2 aromatic rings. The van der Waals surface area contributed by atoms with Crippen LogP contribution in [0, 0.1) is 6.92 Å². The number of urea groups is 1. The van der Waals surface area contributed by atoms with Gasteiger partial charge in [0, 0.05) is 37.2 Å². The number of hydrogen-bond acceptors (Lipinski definition) is 3. The maximum Gasteiger partial charge on any atom is 0.323 e. The summed E-state index contributed by atoms with van der Waals surface area (Å²) in [5, 5.41) is 8.57. The molecule has 0 radical (unpaired) electrons. The average Bonchev–Trinajstić information content (AvgIpc) is 3.40. The average molecular weight is 352 g/mol. The summed E-state index contributed by atoms with van der Waals surface area (Å²) >= 11 is 0. The van der Waals surface area contributed by atoms with Crippen LogP contribution in [0.3, 0.4) is 0 Å². The lowest BCUT2D eigenvalue weighted by Crippen LogP contribution is -2.28. The number of benzene rings is 2. The van der Waals surface area contributed by atoms with Crippen molar-refractivity contribution in [1.82, 2.24) is 5.32 Å². The van der Waals surface area contributed by atoms with Crippen molar-refractivity contribution < 1.29 is 9.59 Å². The molecule has 0 atom stereocenters. The Balaban J connectivity index is 1.73. The lowest BCUT2D eigenvalue weighted by atomic mass is 10.1. The van der Waals surface area contributed by atoms with Crippen LogP contribution in [0.5, 0.6) is 0 Å². The summed E-state index contributed by atoms with van der Waals surface area (Å²) in [6.45, 7) is 1.99. The lowest BCUT2D eigenvalue weighted by molar-refractivity contribution is 0.0951. The zero-order chi connectivity index (χ0) is 18.7. The second kappa shape index (κ2) is 7.47. The highest BCUT2D eigenvalue weighted by Crippen LogP contribution is 2.25. The maximum absolute atomic E-state index is 12.5. The molecule has 0 bridgehead atoms. The zero-order valence-corrected chi connectivity index (χ0v) is 15.3. The van der Waals surface area contributed by atoms with E-state index in [1.165, 1.54) is 0 Å². The van der Waals surface area contributed by atoms with Crippen molar-refractivity contribution in [2.75, 3.05) is 29.6 Å². The van der Waals surface area contributed by atoms with E-state index in [2.05, 4.69) is 16.0 Å². The van der Waals surface area contributed by atoms with Crippen LogP contribution in [0.25, 0.3) is 0 Å². The molecule has 0 saturated heterocycles. The Morgan fingerprint density at radius 3 is 2.19 bits per heavy atom.